The first-order valence-electron chi connectivity index (χ1n) is 6.67. The Hall–Kier alpha value is -0.860. The Kier molecular flexibility index (Phi) is 4.19. The second-order valence-corrected chi connectivity index (χ2v) is 5.26. The molecule has 1 atom stereocenters. The molecule has 0 aliphatic carbocycles. The van der Waals surface area contributed by atoms with Gasteiger partial charge in [-0.05, 0) is 43.0 Å². The number of aliphatic hydroxyl groups excluding tert-OH is 1. The lowest BCUT2D eigenvalue weighted by molar-refractivity contribution is 0.147. The van der Waals surface area contributed by atoms with E-state index in [4.69, 9.17) is 0 Å². The van der Waals surface area contributed by atoms with E-state index in [-0.39, 0.29) is 12.6 Å². The molecular formula is C15H23NO. The van der Waals surface area contributed by atoms with Gasteiger partial charge in [-0.2, -0.15) is 0 Å². The van der Waals surface area contributed by atoms with Crippen molar-refractivity contribution in [3.8, 4) is 0 Å². The van der Waals surface area contributed by atoms with Crippen molar-refractivity contribution >= 4 is 0 Å². The molecule has 1 aliphatic heterocycles. The minimum atomic E-state index is 0.193. The highest BCUT2D eigenvalue weighted by molar-refractivity contribution is 5.27. The summed E-state index contributed by atoms with van der Waals surface area (Å²) in [5.74, 6) is 0.573. The van der Waals surface area contributed by atoms with Crippen LogP contribution in [0.2, 0.25) is 0 Å². The summed E-state index contributed by atoms with van der Waals surface area (Å²) >= 11 is 0. The van der Waals surface area contributed by atoms with E-state index in [9.17, 15) is 5.11 Å². The van der Waals surface area contributed by atoms with Crippen LogP contribution in [-0.4, -0.2) is 29.7 Å². The summed E-state index contributed by atoms with van der Waals surface area (Å²) in [6.45, 7) is 6.88. The van der Waals surface area contributed by atoms with Crippen LogP contribution in [0.4, 0.5) is 0 Å². The fraction of sp³-hybridized carbons (Fsp3) is 0.600. The molecule has 1 saturated heterocycles. The van der Waals surface area contributed by atoms with Gasteiger partial charge in [-0.15, -0.1) is 0 Å². The molecule has 17 heavy (non-hydrogen) atoms. The normalized spacial score (nSPS) is 18.8. The lowest BCUT2D eigenvalue weighted by atomic mass is 9.99. The van der Waals surface area contributed by atoms with Crippen molar-refractivity contribution in [2.24, 2.45) is 0 Å². The van der Waals surface area contributed by atoms with Crippen LogP contribution < -0.4 is 0 Å². The summed E-state index contributed by atoms with van der Waals surface area (Å²) in [5.41, 5.74) is 2.62. The molecule has 1 fully saturated rings. The second-order valence-electron chi connectivity index (χ2n) is 5.26. The van der Waals surface area contributed by atoms with Crippen molar-refractivity contribution in [1.82, 2.24) is 4.90 Å². The number of hydrogen-bond acceptors (Lipinski definition) is 2. The van der Waals surface area contributed by atoms with Gasteiger partial charge >= 0.3 is 0 Å². The smallest absolute Gasteiger partial charge is 0.0628 e. The molecular weight excluding hydrogens is 210 g/mol. The molecule has 94 valence electrons. The fourth-order valence-electron chi connectivity index (χ4n) is 2.59. The van der Waals surface area contributed by atoms with Crippen LogP contribution in [-0.2, 0) is 0 Å². The summed E-state index contributed by atoms with van der Waals surface area (Å²) in [5, 5.41) is 9.58. The Morgan fingerprint density at radius 1 is 1.06 bits per heavy atom. The predicted molar refractivity (Wildman–Crippen MR) is 71.2 cm³/mol. The van der Waals surface area contributed by atoms with Gasteiger partial charge in [0.15, 0.2) is 0 Å². The first-order chi connectivity index (χ1) is 8.22. The zero-order valence-corrected chi connectivity index (χ0v) is 10.9. The largest absolute Gasteiger partial charge is 0.394 e. The van der Waals surface area contributed by atoms with Crippen molar-refractivity contribution in [2.45, 2.75) is 38.6 Å². The molecule has 0 spiro atoms. The molecule has 0 bridgehead atoms. The van der Waals surface area contributed by atoms with Crippen molar-refractivity contribution in [3.63, 3.8) is 0 Å². The number of aliphatic hydroxyl groups is 1. The monoisotopic (exact) mass is 233 g/mol. The van der Waals surface area contributed by atoms with E-state index in [1.54, 1.807) is 0 Å². The Morgan fingerprint density at radius 2 is 1.59 bits per heavy atom. The van der Waals surface area contributed by atoms with Gasteiger partial charge in [-0.1, -0.05) is 38.1 Å². The fourth-order valence-corrected chi connectivity index (χ4v) is 2.59. The third-order valence-electron chi connectivity index (χ3n) is 3.74. The number of hydrogen-bond donors (Lipinski definition) is 1. The van der Waals surface area contributed by atoms with Crippen LogP contribution in [0.25, 0.3) is 0 Å². The molecule has 0 aromatic heterocycles. The molecule has 2 nitrogen and oxygen atoms in total. The first-order valence-corrected chi connectivity index (χ1v) is 6.67. The molecule has 1 aromatic rings. The molecule has 0 saturated carbocycles. The molecule has 0 amide bonds. The van der Waals surface area contributed by atoms with Crippen molar-refractivity contribution < 1.29 is 5.11 Å². The molecule has 1 aromatic carbocycles. The van der Waals surface area contributed by atoms with Crippen molar-refractivity contribution in [2.75, 3.05) is 19.7 Å². The van der Waals surface area contributed by atoms with Gasteiger partial charge < -0.3 is 5.11 Å². The minimum Gasteiger partial charge on any atom is -0.394 e. The third kappa shape index (κ3) is 2.88. The van der Waals surface area contributed by atoms with Crippen LogP contribution in [0.5, 0.6) is 0 Å². The van der Waals surface area contributed by atoms with E-state index in [1.165, 1.54) is 24.0 Å². The van der Waals surface area contributed by atoms with Crippen LogP contribution in [0.1, 0.15) is 49.8 Å². The Labute approximate surface area is 104 Å². The van der Waals surface area contributed by atoms with Crippen molar-refractivity contribution in [3.05, 3.63) is 35.4 Å². The Bertz CT molecular complexity index is 338. The van der Waals surface area contributed by atoms with Crippen LogP contribution in [0, 0.1) is 0 Å². The van der Waals surface area contributed by atoms with Gasteiger partial charge in [0.05, 0.1) is 12.6 Å². The van der Waals surface area contributed by atoms with Gasteiger partial charge in [-0.25, -0.2) is 0 Å². The lowest BCUT2D eigenvalue weighted by Crippen LogP contribution is -2.28. The molecule has 1 heterocycles. The Balaban J connectivity index is 2.13. The van der Waals surface area contributed by atoms with Gasteiger partial charge in [-0.3, -0.25) is 4.90 Å². The average molecular weight is 233 g/mol. The summed E-state index contributed by atoms with van der Waals surface area (Å²) in [6, 6.07) is 8.93. The third-order valence-corrected chi connectivity index (χ3v) is 3.74. The maximum Gasteiger partial charge on any atom is 0.0628 e. The highest BCUT2D eigenvalue weighted by atomic mass is 16.3. The predicted octanol–water partition coefficient (Wildman–Crippen LogP) is 2.94. The van der Waals surface area contributed by atoms with Crippen LogP contribution >= 0.6 is 0 Å². The standard InChI is InChI=1S/C15H23NO/c1-12(2)13-5-7-14(8-6-13)15(11-17)16-9-3-4-10-16/h5-8,12,15,17H,3-4,9-11H2,1-2H3. The van der Waals surface area contributed by atoms with Crippen LogP contribution in [0.15, 0.2) is 24.3 Å². The number of likely N-dealkylation sites (tertiary alicyclic amines) is 1. The Morgan fingerprint density at radius 3 is 2.06 bits per heavy atom. The topological polar surface area (TPSA) is 23.5 Å². The summed E-state index contributed by atoms with van der Waals surface area (Å²) < 4.78 is 0. The average Bonchev–Trinajstić information content (AvgIpc) is 2.84. The quantitative estimate of drug-likeness (QED) is 0.864. The van der Waals surface area contributed by atoms with Crippen molar-refractivity contribution in [1.29, 1.82) is 0 Å². The number of rotatable bonds is 4. The molecule has 0 radical (unpaired) electrons. The van der Waals surface area contributed by atoms with E-state index in [0.29, 0.717) is 5.92 Å². The molecule has 1 N–H and O–H groups in total. The lowest BCUT2D eigenvalue weighted by Gasteiger charge is -2.26. The van der Waals surface area contributed by atoms with Gasteiger partial charge in [0.2, 0.25) is 0 Å². The van der Waals surface area contributed by atoms with Gasteiger partial charge in [0.25, 0.3) is 0 Å². The number of benzene rings is 1. The summed E-state index contributed by atoms with van der Waals surface area (Å²) in [6.07, 6.45) is 2.53. The van der Waals surface area contributed by atoms with Gasteiger partial charge in [0, 0.05) is 0 Å². The molecule has 2 rings (SSSR count). The summed E-state index contributed by atoms with van der Waals surface area (Å²) in [4.78, 5) is 2.39. The molecule has 2 heteroatoms. The van der Waals surface area contributed by atoms with E-state index < -0.39 is 0 Å². The van der Waals surface area contributed by atoms with Crippen LogP contribution in [0.3, 0.4) is 0 Å². The first kappa shape index (κ1) is 12.6. The van der Waals surface area contributed by atoms with E-state index in [0.717, 1.165) is 13.1 Å². The minimum absolute atomic E-state index is 0.193. The van der Waals surface area contributed by atoms with Gasteiger partial charge in [0.1, 0.15) is 0 Å². The highest BCUT2D eigenvalue weighted by Gasteiger charge is 2.22. The van der Waals surface area contributed by atoms with E-state index in [1.807, 2.05) is 0 Å². The molecule has 1 unspecified atom stereocenters. The SMILES string of the molecule is CC(C)c1ccc(C(CO)N2CCCC2)cc1. The molecule has 1 aliphatic rings. The number of nitrogens with zero attached hydrogens (tertiary/aromatic N) is 1. The second kappa shape index (κ2) is 5.65. The zero-order chi connectivity index (χ0) is 12.3. The maximum absolute atomic E-state index is 9.58. The van der Waals surface area contributed by atoms with E-state index in [2.05, 4.69) is 43.0 Å². The zero-order valence-electron chi connectivity index (χ0n) is 10.9. The highest BCUT2D eigenvalue weighted by Crippen LogP contribution is 2.26. The van der Waals surface area contributed by atoms with E-state index >= 15 is 0 Å². The maximum atomic E-state index is 9.58. The summed E-state index contributed by atoms with van der Waals surface area (Å²) in [7, 11) is 0.